The van der Waals surface area contributed by atoms with Gasteiger partial charge in [0, 0.05) is 25.6 Å². The number of aryl methyl sites for hydroxylation is 1. The van der Waals surface area contributed by atoms with Crippen LogP contribution in [0.1, 0.15) is 30.2 Å². The molecule has 2 N–H and O–H groups in total. The molecule has 0 radical (unpaired) electrons. The summed E-state index contributed by atoms with van der Waals surface area (Å²) in [6.07, 6.45) is 5.06. The Kier molecular flexibility index (Phi) is 7.43. The Morgan fingerprint density at radius 2 is 1.95 bits per heavy atom. The fourth-order valence-electron chi connectivity index (χ4n) is 3.69. The van der Waals surface area contributed by atoms with Gasteiger partial charge in [0.15, 0.2) is 11.6 Å². The number of ether oxygens (including phenoxy) is 2. The van der Waals surface area contributed by atoms with Gasteiger partial charge in [-0.1, -0.05) is 17.5 Å². The van der Waals surface area contributed by atoms with Crippen LogP contribution in [0.15, 0.2) is 59.8 Å². The molecule has 0 unspecified atom stereocenters. The minimum Gasteiger partial charge on any atom is -0.506 e. The van der Waals surface area contributed by atoms with Gasteiger partial charge >= 0.3 is 0 Å². The van der Waals surface area contributed by atoms with E-state index in [9.17, 15) is 18.8 Å². The second-order valence-electron chi connectivity index (χ2n) is 8.18. The summed E-state index contributed by atoms with van der Waals surface area (Å²) in [7, 11) is -1.44. The van der Waals surface area contributed by atoms with E-state index in [0.29, 0.717) is 0 Å². The minimum atomic E-state index is -4.20. The molecule has 2 atom stereocenters. The molecule has 1 aliphatic carbocycles. The molecule has 0 saturated carbocycles. The number of rotatable bonds is 9. The van der Waals surface area contributed by atoms with Crippen LogP contribution >= 0.6 is 0 Å². The second-order valence-corrected chi connectivity index (χ2v) is 10.2. The standard InChI is InChI=1S/C25H23N7O5S/c1-15-13-27-23(28-14-15)22(37-4)16(2)38(34,35)31-25-30-29-24(18-8-5-7-17(11-18)12-26)32(25)21-19(33)9-6-10-20(21)36-3/h6-7,9-11,13-14,16,22,33H,1-4H3,(H,30,31)/t16-,22-/m0/s1. The number of nitriles is 1. The topological polar surface area (TPSA) is 165 Å². The summed E-state index contributed by atoms with van der Waals surface area (Å²) in [6.45, 7) is 3.26. The van der Waals surface area contributed by atoms with Crippen LogP contribution in [0.3, 0.4) is 0 Å². The van der Waals surface area contributed by atoms with Gasteiger partial charge < -0.3 is 14.6 Å². The molecule has 2 heterocycles. The van der Waals surface area contributed by atoms with Gasteiger partial charge in [0.2, 0.25) is 16.0 Å². The summed E-state index contributed by atoms with van der Waals surface area (Å²) in [4.78, 5) is 8.41. The van der Waals surface area contributed by atoms with Crippen LogP contribution in [-0.2, 0) is 14.8 Å². The van der Waals surface area contributed by atoms with Crippen molar-refractivity contribution in [1.29, 1.82) is 5.26 Å². The molecule has 38 heavy (non-hydrogen) atoms. The van der Waals surface area contributed by atoms with Gasteiger partial charge in [0.25, 0.3) is 0 Å². The molecule has 0 spiro atoms. The van der Waals surface area contributed by atoms with E-state index in [-0.39, 0.29) is 45.9 Å². The van der Waals surface area contributed by atoms with E-state index >= 15 is 0 Å². The SMILES string of the molecule is COc1cccc(O)c1-n1c(NS(=O)(=O)[C@@H](C)[C@H](OC)c2ncc(C)cn2)nnc1C1=C=C=CC(C#N)=C1. The highest BCUT2D eigenvalue weighted by Gasteiger charge is 2.35. The Bertz CT molecular complexity index is 1660. The smallest absolute Gasteiger partial charge is 0.243 e. The van der Waals surface area contributed by atoms with Crippen LogP contribution in [0.25, 0.3) is 11.3 Å². The Balaban J connectivity index is 1.84. The highest BCUT2D eigenvalue weighted by Crippen LogP contribution is 2.37. The van der Waals surface area contributed by atoms with Crippen molar-refractivity contribution in [2.75, 3.05) is 18.9 Å². The largest absolute Gasteiger partial charge is 0.506 e. The average molecular weight is 534 g/mol. The number of phenols is 1. The Morgan fingerprint density at radius 1 is 1.21 bits per heavy atom. The summed E-state index contributed by atoms with van der Waals surface area (Å²) in [5.74, 6) is -0.000338. The summed E-state index contributed by atoms with van der Waals surface area (Å²) >= 11 is 0. The normalized spacial score (nSPS) is 14.3. The first-order valence-corrected chi connectivity index (χ1v) is 12.7. The number of nitrogens with zero attached hydrogens (tertiary/aromatic N) is 6. The van der Waals surface area contributed by atoms with Crippen LogP contribution in [0.2, 0.25) is 0 Å². The molecule has 2 aromatic heterocycles. The first kappa shape index (κ1) is 26.3. The van der Waals surface area contributed by atoms with E-state index in [4.69, 9.17) is 9.47 Å². The van der Waals surface area contributed by atoms with Crippen molar-refractivity contribution in [3.63, 3.8) is 0 Å². The monoisotopic (exact) mass is 533 g/mol. The van der Waals surface area contributed by atoms with Crippen molar-refractivity contribution in [2.45, 2.75) is 25.2 Å². The van der Waals surface area contributed by atoms with E-state index in [2.05, 4.69) is 36.3 Å². The van der Waals surface area contributed by atoms with Crippen molar-refractivity contribution in [3.8, 4) is 23.3 Å². The number of hydrogen-bond acceptors (Lipinski definition) is 10. The number of phenolic OH excluding ortho intramolecular Hbond substituents is 1. The molecule has 194 valence electrons. The maximum atomic E-state index is 13.5. The molecule has 0 bridgehead atoms. The lowest BCUT2D eigenvalue weighted by Gasteiger charge is -2.22. The van der Waals surface area contributed by atoms with Gasteiger partial charge in [0.05, 0.1) is 24.3 Å². The van der Waals surface area contributed by atoms with Crippen LogP contribution in [0.5, 0.6) is 11.5 Å². The van der Waals surface area contributed by atoms with Crippen LogP contribution in [0.4, 0.5) is 5.95 Å². The summed E-state index contributed by atoms with van der Waals surface area (Å²) < 4.78 is 41.6. The molecule has 3 aromatic rings. The summed E-state index contributed by atoms with van der Waals surface area (Å²) in [6, 6.07) is 6.56. The molecule has 12 nitrogen and oxygen atoms in total. The number of allylic oxidation sites excluding steroid dienone is 4. The maximum Gasteiger partial charge on any atom is 0.243 e. The third-order valence-electron chi connectivity index (χ3n) is 5.65. The minimum absolute atomic E-state index is 0.0706. The van der Waals surface area contributed by atoms with Crippen molar-refractivity contribution >= 4 is 21.5 Å². The predicted molar refractivity (Wildman–Crippen MR) is 137 cm³/mol. The number of nitrogens with one attached hydrogen (secondary N) is 1. The van der Waals surface area contributed by atoms with E-state index in [1.807, 2.05) is 13.0 Å². The van der Waals surface area contributed by atoms with E-state index in [0.717, 1.165) is 5.56 Å². The molecule has 0 fully saturated rings. The van der Waals surface area contributed by atoms with Crippen molar-refractivity contribution in [2.24, 2.45) is 0 Å². The lowest BCUT2D eigenvalue weighted by molar-refractivity contribution is 0.0949. The number of para-hydroxylation sites is 1. The number of sulfonamides is 1. The van der Waals surface area contributed by atoms with E-state index < -0.39 is 21.4 Å². The molecule has 13 heteroatoms. The molecule has 0 aliphatic heterocycles. The summed E-state index contributed by atoms with van der Waals surface area (Å²) in [5.41, 5.74) is 7.01. The third kappa shape index (κ3) is 5.06. The van der Waals surface area contributed by atoms with Gasteiger partial charge in [-0.05, 0) is 37.6 Å². The lowest BCUT2D eigenvalue weighted by atomic mass is 10.1. The first-order chi connectivity index (χ1) is 18.2. The van der Waals surface area contributed by atoms with Crippen LogP contribution in [0, 0.1) is 18.3 Å². The lowest BCUT2D eigenvalue weighted by Crippen LogP contribution is -2.33. The molecule has 0 amide bonds. The average Bonchev–Trinajstić information content (AvgIpc) is 3.32. The van der Waals surface area contributed by atoms with E-state index in [1.165, 1.54) is 43.9 Å². The van der Waals surface area contributed by atoms with Crippen molar-refractivity contribution in [1.82, 2.24) is 24.7 Å². The molecular weight excluding hydrogens is 510 g/mol. The quantitative estimate of drug-likeness (QED) is 0.391. The Labute approximate surface area is 219 Å². The number of aromatic nitrogens is 5. The fraction of sp³-hybridized carbons (Fsp3) is 0.240. The maximum absolute atomic E-state index is 13.5. The zero-order valence-electron chi connectivity index (χ0n) is 20.9. The molecular formula is C25H23N7O5S. The zero-order chi connectivity index (χ0) is 27.4. The van der Waals surface area contributed by atoms with Gasteiger partial charge in [0.1, 0.15) is 28.5 Å². The zero-order valence-corrected chi connectivity index (χ0v) is 21.7. The van der Waals surface area contributed by atoms with Gasteiger partial charge in [-0.3, -0.25) is 9.29 Å². The van der Waals surface area contributed by atoms with Crippen molar-refractivity contribution < 1.29 is 23.0 Å². The second kappa shape index (κ2) is 10.7. The number of methoxy groups -OCH3 is 2. The molecule has 0 saturated heterocycles. The van der Waals surface area contributed by atoms with Gasteiger partial charge in [-0.25, -0.2) is 18.4 Å². The Hall–Kier alpha value is -4.72. The number of benzene rings is 1. The molecule has 1 aliphatic rings. The van der Waals surface area contributed by atoms with E-state index in [1.54, 1.807) is 24.5 Å². The number of anilines is 1. The number of hydrogen-bond donors (Lipinski definition) is 2. The van der Waals surface area contributed by atoms with Gasteiger partial charge in [-0.15, -0.1) is 10.2 Å². The van der Waals surface area contributed by atoms with Crippen LogP contribution in [-0.4, -0.2) is 57.7 Å². The number of aromatic hydroxyl groups is 1. The van der Waals surface area contributed by atoms with Crippen LogP contribution < -0.4 is 9.46 Å². The summed E-state index contributed by atoms with van der Waals surface area (Å²) in [5, 5.41) is 27.1. The molecule has 1 aromatic carbocycles. The highest BCUT2D eigenvalue weighted by molar-refractivity contribution is 7.93. The Morgan fingerprint density at radius 3 is 2.61 bits per heavy atom. The van der Waals surface area contributed by atoms with Crippen molar-refractivity contribution in [3.05, 3.63) is 77.0 Å². The predicted octanol–water partition coefficient (Wildman–Crippen LogP) is 2.76. The fourth-order valence-corrected chi connectivity index (χ4v) is 4.82. The highest BCUT2D eigenvalue weighted by atomic mass is 32.2. The molecule has 4 rings (SSSR count). The third-order valence-corrected chi connectivity index (χ3v) is 7.34. The van der Waals surface area contributed by atoms with Gasteiger partial charge in [-0.2, -0.15) is 5.26 Å². The first-order valence-electron chi connectivity index (χ1n) is 11.2.